The van der Waals surface area contributed by atoms with E-state index in [4.69, 9.17) is 5.11 Å². The minimum Gasteiger partial charge on any atom is -0.429 e. The molecule has 10 heavy (non-hydrogen) atoms. The fraction of sp³-hybridized carbons (Fsp3) is 0. The number of benzene rings is 1. The van der Waals surface area contributed by atoms with Crippen molar-refractivity contribution in [1.82, 2.24) is 0 Å². The van der Waals surface area contributed by atoms with Crippen LogP contribution in [0.4, 0.5) is 0 Å². The molecule has 0 unspecified atom stereocenters. The molecule has 0 saturated heterocycles. The van der Waals surface area contributed by atoms with Gasteiger partial charge in [0, 0.05) is 20.4 Å². The van der Waals surface area contributed by atoms with Gasteiger partial charge in [-0.3, -0.25) is 0 Å². The van der Waals surface area contributed by atoms with E-state index in [9.17, 15) is 0 Å². The number of aliphatic hydroxyl groups excluding tert-OH is 1. The molecule has 0 spiro atoms. The van der Waals surface area contributed by atoms with Crippen molar-refractivity contribution in [3.8, 4) is 0 Å². The monoisotopic (exact) mass is 561 g/mol. The van der Waals surface area contributed by atoms with Crippen LogP contribution in [0, 0.1) is 6.61 Å². The summed E-state index contributed by atoms with van der Waals surface area (Å²) in [5.41, 5.74) is 0.840. The number of aliphatic hydroxyl groups is 1. The first-order valence-electron chi connectivity index (χ1n) is 2.46. The molecular formula is C7H7OReRf-. The van der Waals surface area contributed by atoms with Gasteiger partial charge in [-0.15, -0.1) is 12.1 Å². The molecule has 0 amide bonds. The summed E-state index contributed by atoms with van der Waals surface area (Å²) in [5, 5.41) is 8.41. The van der Waals surface area contributed by atoms with E-state index in [1.165, 1.54) is 0 Å². The SMILES string of the molecule is O[CH-]c1ccccc1.[Re].[Rf]. The van der Waals surface area contributed by atoms with Crippen molar-refractivity contribution < 1.29 is 25.5 Å². The van der Waals surface area contributed by atoms with Crippen LogP contribution in [-0.2, 0) is 20.4 Å². The van der Waals surface area contributed by atoms with Crippen molar-refractivity contribution in [2.75, 3.05) is 0 Å². The average molecular weight is 560 g/mol. The Labute approximate surface area is 68.4 Å². The van der Waals surface area contributed by atoms with Crippen molar-refractivity contribution in [2.45, 2.75) is 0 Å². The van der Waals surface area contributed by atoms with Crippen LogP contribution < -0.4 is 0 Å². The third-order valence-electron chi connectivity index (χ3n) is 0.949. The Kier molecular flexibility index (Phi) is 6.72. The summed E-state index contributed by atoms with van der Waals surface area (Å²) in [7, 11) is 0. The van der Waals surface area contributed by atoms with Crippen LogP contribution in [0.15, 0.2) is 30.3 Å². The molecule has 0 fully saturated rings. The summed E-state index contributed by atoms with van der Waals surface area (Å²) >= 11 is 0. The van der Waals surface area contributed by atoms with Gasteiger partial charge in [-0.25, -0.2) is 0 Å². The maximum Gasteiger partial charge on any atom is 0 e. The minimum atomic E-state index is 0. The van der Waals surface area contributed by atoms with E-state index in [0.29, 0.717) is 0 Å². The third-order valence-corrected chi connectivity index (χ3v) is 0.949. The van der Waals surface area contributed by atoms with Gasteiger partial charge in [-0.05, 0) is 0 Å². The predicted molar refractivity (Wildman–Crippen MR) is 31.8 cm³/mol. The van der Waals surface area contributed by atoms with Gasteiger partial charge in [0.2, 0.25) is 0 Å². The van der Waals surface area contributed by atoms with Gasteiger partial charge in [0.25, 0.3) is 0 Å². The molecule has 0 aliphatic carbocycles. The van der Waals surface area contributed by atoms with Gasteiger partial charge in [0.05, 0.1) is 0 Å². The second-order valence-corrected chi connectivity index (χ2v) is 1.54. The summed E-state index contributed by atoms with van der Waals surface area (Å²) in [6, 6.07) is 9.33. The third kappa shape index (κ3) is 2.89. The Morgan fingerprint density at radius 1 is 1.10 bits per heavy atom. The fourth-order valence-electron chi connectivity index (χ4n) is 0.539. The quantitative estimate of drug-likeness (QED) is 0.518. The van der Waals surface area contributed by atoms with E-state index in [2.05, 4.69) is 0 Å². The Hall–Kier alpha value is -1.29. The molecule has 1 nitrogen and oxygen atoms in total. The van der Waals surface area contributed by atoms with Gasteiger partial charge in [0.1, 0.15) is 0 Å². The molecule has 0 aliphatic heterocycles. The van der Waals surface area contributed by atoms with Gasteiger partial charge in [-0.1, -0.05) is 12.7 Å². The van der Waals surface area contributed by atoms with Crippen LogP contribution in [0.2, 0.25) is 0 Å². The van der Waals surface area contributed by atoms with E-state index in [0.717, 1.165) is 12.2 Å². The van der Waals surface area contributed by atoms with E-state index in [-0.39, 0.29) is 20.4 Å². The summed E-state index contributed by atoms with van der Waals surface area (Å²) in [4.78, 5) is 0. The second kappa shape index (κ2) is 5.84. The van der Waals surface area contributed by atoms with Crippen molar-refractivity contribution in [3.05, 3.63) is 42.5 Å². The largest absolute Gasteiger partial charge is 0.429 e. The molecule has 0 heterocycles. The number of rotatable bonds is 1. The maximum absolute atomic E-state index is 8.41. The minimum absolute atomic E-state index is 0. The zero-order chi connectivity index (χ0) is 5.82. The molecule has 1 N–H and O–H groups in total. The maximum atomic E-state index is 8.41. The molecule has 51 valence electrons. The van der Waals surface area contributed by atoms with Gasteiger partial charge in [0.15, 0.2) is 0 Å². The Bertz CT molecular complexity index is 155. The van der Waals surface area contributed by atoms with Gasteiger partial charge < -0.3 is 5.11 Å². The van der Waals surface area contributed by atoms with Crippen molar-refractivity contribution in [3.63, 3.8) is 0 Å². The van der Waals surface area contributed by atoms with E-state index in [1.54, 1.807) is 0 Å². The molecule has 0 saturated carbocycles. The van der Waals surface area contributed by atoms with Crippen LogP contribution in [0.1, 0.15) is 5.56 Å². The molecule has 0 bridgehead atoms. The van der Waals surface area contributed by atoms with Crippen molar-refractivity contribution >= 4 is 0 Å². The smallest absolute Gasteiger partial charge is 0 e. The standard InChI is InChI=1S/C7H7O.Re.Rf/c8-6-7-4-2-1-3-5-7;;/h1-6,8H;;/q-1;;. The molecular weight excluding hydrogens is 553 g/mol. The summed E-state index contributed by atoms with van der Waals surface area (Å²) in [6.07, 6.45) is 0. The Balaban J connectivity index is 0. The molecule has 1 aromatic rings. The van der Waals surface area contributed by atoms with Crippen LogP contribution in [0.5, 0.6) is 0 Å². The number of hydrogen-bond acceptors (Lipinski definition) is 1. The summed E-state index contributed by atoms with van der Waals surface area (Å²) < 4.78 is 0. The fourth-order valence-corrected chi connectivity index (χ4v) is 0.539. The molecule has 3 heteroatoms. The molecule has 0 aromatic heterocycles. The van der Waals surface area contributed by atoms with Crippen molar-refractivity contribution in [1.29, 1.82) is 0 Å². The second-order valence-electron chi connectivity index (χ2n) is 1.54. The zero-order valence-electron chi connectivity index (χ0n) is 5.50. The van der Waals surface area contributed by atoms with Gasteiger partial charge in [-0.2, -0.15) is 17.7 Å². The number of hydrogen-bond donors (Lipinski definition) is 1. The van der Waals surface area contributed by atoms with Crippen molar-refractivity contribution in [2.24, 2.45) is 0 Å². The summed E-state index contributed by atoms with van der Waals surface area (Å²) in [5.74, 6) is 0. The van der Waals surface area contributed by atoms with Crippen LogP contribution in [0.25, 0.3) is 0 Å². The molecule has 1 aromatic carbocycles. The normalized spacial score (nSPS) is 6.90. The zero-order valence-corrected chi connectivity index (χ0v) is 14.6. The van der Waals surface area contributed by atoms with Crippen LogP contribution in [0.3, 0.4) is 0 Å². The Morgan fingerprint density at radius 3 is 1.90 bits per heavy atom. The first-order valence-corrected chi connectivity index (χ1v) is 2.46. The van der Waals surface area contributed by atoms with E-state index in [1.807, 2.05) is 30.3 Å². The van der Waals surface area contributed by atoms with E-state index >= 15 is 0 Å². The Morgan fingerprint density at radius 2 is 1.60 bits per heavy atom. The molecule has 1 radical (unpaired) electrons. The average Bonchev–Trinajstić information content (AvgIpc) is 1.90. The van der Waals surface area contributed by atoms with E-state index < -0.39 is 0 Å². The van der Waals surface area contributed by atoms with Gasteiger partial charge >= 0.3 is 0 Å². The topological polar surface area (TPSA) is 20.2 Å². The predicted octanol–water partition coefficient (Wildman–Crippen LogP) is 1.57. The van der Waals surface area contributed by atoms with Crippen LogP contribution >= 0.6 is 0 Å². The molecule has 1 rings (SSSR count). The molecule has 0 aliphatic rings. The summed E-state index contributed by atoms with van der Waals surface area (Å²) in [6.45, 7) is 1.08. The molecule has 0 atom stereocenters. The first-order chi connectivity index (χ1) is 3.93. The first kappa shape index (κ1) is 11.5. The van der Waals surface area contributed by atoms with Crippen LogP contribution in [-0.4, -0.2) is 5.11 Å².